The minimum atomic E-state index is -2.21. The van der Waals surface area contributed by atoms with Gasteiger partial charge in [0.1, 0.15) is 171 Å². The maximum absolute atomic E-state index is 11.3. The molecule has 0 aromatic rings. The summed E-state index contributed by atoms with van der Waals surface area (Å²) in [4.78, 5) is 0. The van der Waals surface area contributed by atoms with Gasteiger partial charge in [-0.1, -0.05) is 0 Å². The summed E-state index contributed by atoms with van der Waals surface area (Å²) < 4.78 is 79.5. The summed E-state index contributed by atoms with van der Waals surface area (Å²) >= 11 is 0. The molecule has 21 rings (SSSR count). The Hall–Kier alpha value is -1.44. The molecule has 21 fully saturated rings. The molecule has 36 heteroatoms. The summed E-state index contributed by atoms with van der Waals surface area (Å²) in [5.41, 5.74) is 0. The van der Waals surface area contributed by atoms with E-state index in [1.54, 1.807) is 6.92 Å². The molecule has 0 aliphatic carbocycles. The summed E-state index contributed by atoms with van der Waals surface area (Å²) in [6.45, 7) is -5.40. The third kappa shape index (κ3) is 13.4. The standard InChI is InChI=1S/C42H70O35.C2H6O/c43-1-8-29-15(50)22(57)36(64-8)72-30-9(2-44)66-38(24(59)17(30)52)74-32-11(4-46)68-40(26(61)19(32)54)76-34-13(6-48)70-42(28(63)21(34)56)77-35-14(7-49)69-41(27(62)20(35)55)75-33-12(5-47)67-39(25(60)18(33)53)73-31-10(3-45)65-37(71-29)23(58)16(31)51;1-2-3/h8-63H,1-7H2;3H,2H2,1H3/t8-,9-,10-,11-,12-,13-,14-,15-,16-,17-,18-,19-,20-,21-,22-,23-,24-,25-,26-,27-,28-,29-,30-,31-,32-,33-,34-,35-,36-,37-,38-,39-,40-,41-,42-;/m1./s1. The van der Waals surface area contributed by atoms with Gasteiger partial charge in [-0.3, -0.25) is 0 Å². The van der Waals surface area contributed by atoms with E-state index in [2.05, 4.69) is 0 Å². The minimum Gasteiger partial charge on any atom is -0.397 e. The third-order valence-electron chi connectivity index (χ3n) is 14.8. The number of hydrogen-bond acceptors (Lipinski definition) is 36. The van der Waals surface area contributed by atoms with Crippen LogP contribution >= 0.6 is 0 Å². The Morgan fingerprint density at radius 1 is 0.188 bits per heavy atom. The third-order valence-corrected chi connectivity index (χ3v) is 14.8. The summed E-state index contributed by atoms with van der Waals surface area (Å²) in [5.74, 6) is 0. The molecule has 0 radical (unpaired) electrons. The molecule has 0 aromatic heterocycles. The number of aliphatic hydroxyl groups is 22. The van der Waals surface area contributed by atoms with Gasteiger partial charge < -0.3 is 179 Å². The Bertz CT molecular complexity index is 1490. The second kappa shape index (κ2) is 28.8. The van der Waals surface area contributed by atoms with Crippen LogP contribution in [0.15, 0.2) is 0 Å². The van der Waals surface area contributed by atoms with Gasteiger partial charge in [0.25, 0.3) is 0 Å². The number of ether oxygens (including phenoxy) is 14. The van der Waals surface area contributed by atoms with Gasteiger partial charge in [0, 0.05) is 6.61 Å². The molecule has 0 spiro atoms. The second-order valence-corrected chi connectivity index (χ2v) is 20.0. The first-order valence-corrected chi connectivity index (χ1v) is 25.6. The van der Waals surface area contributed by atoms with E-state index in [0.29, 0.717) is 0 Å². The lowest BCUT2D eigenvalue weighted by Crippen LogP contribution is -2.68. The second-order valence-electron chi connectivity index (χ2n) is 20.0. The van der Waals surface area contributed by atoms with Gasteiger partial charge in [0.05, 0.1) is 46.2 Å². The summed E-state index contributed by atoms with van der Waals surface area (Å²) in [5, 5.41) is 238. The highest BCUT2D eigenvalue weighted by atomic mass is 16.8. The predicted octanol–water partition coefficient (Wildman–Crippen LogP) is -15.2. The van der Waals surface area contributed by atoms with Gasteiger partial charge in [-0.25, -0.2) is 0 Å². The topological polar surface area (TPSA) is 574 Å². The van der Waals surface area contributed by atoms with Crippen molar-refractivity contribution in [1.29, 1.82) is 0 Å². The molecule has 21 heterocycles. The van der Waals surface area contributed by atoms with Crippen LogP contribution in [0.2, 0.25) is 0 Å². The first-order chi connectivity index (χ1) is 38.1. The zero-order valence-electron chi connectivity index (χ0n) is 42.4. The molecule has 35 atom stereocenters. The van der Waals surface area contributed by atoms with E-state index >= 15 is 0 Å². The molecule has 0 saturated carbocycles. The molecule has 468 valence electrons. The average molecular weight is 1180 g/mol. The highest BCUT2D eigenvalue weighted by molar-refractivity contribution is 5.01. The summed E-state index contributed by atoms with van der Waals surface area (Å²) in [6, 6.07) is 0. The van der Waals surface area contributed by atoms with E-state index in [9.17, 15) is 107 Å². The van der Waals surface area contributed by atoms with E-state index in [-0.39, 0.29) is 6.61 Å². The van der Waals surface area contributed by atoms with Crippen molar-refractivity contribution in [2.45, 2.75) is 222 Å². The molecule has 0 amide bonds. The molecule has 0 aromatic carbocycles. The molecule has 80 heavy (non-hydrogen) atoms. The zero-order valence-corrected chi connectivity index (χ0v) is 42.4. The van der Waals surface area contributed by atoms with Crippen LogP contribution in [0.5, 0.6) is 0 Å². The van der Waals surface area contributed by atoms with E-state index < -0.39 is 261 Å². The summed E-state index contributed by atoms with van der Waals surface area (Å²) in [6.07, 6.45) is -70.2. The van der Waals surface area contributed by atoms with E-state index in [1.165, 1.54) is 0 Å². The van der Waals surface area contributed by atoms with Gasteiger partial charge >= 0.3 is 0 Å². The first kappa shape index (κ1) is 66.1. The first-order valence-electron chi connectivity index (χ1n) is 25.6. The van der Waals surface area contributed by atoms with E-state index in [4.69, 9.17) is 71.4 Å². The Kier molecular flexibility index (Phi) is 23.8. The Labute approximate surface area is 452 Å². The quantitative estimate of drug-likeness (QED) is 0.113. The van der Waals surface area contributed by atoms with Crippen LogP contribution in [-0.2, 0) is 66.3 Å². The zero-order chi connectivity index (χ0) is 58.8. The molecule has 21 saturated heterocycles. The molecule has 0 unspecified atom stereocenters. The van der Waals surface area contributed by atoms with Crippen LogP contribution in [0, 0.1) is 0 Å². The van der Waals surface area contributed by atoms with Crippen molar-refractivity contribution in [1.82, 2.24) is 0 Å². The van der Waals surface area contributed by atoms with Crippen molar-refractivity contribution >= 4 is 0 Å². The molecule has 21 aliphatic rings. The lowest BCUT2D eigenvalue weighted by atomic mass is 9.95. The minimum absolute atomic E-state index is 0.250. The maximum atomic E-state index is 11.3. The number of hydrogen-bond donors (Lipinski definition) is 22. The van der Waals surface area contributed by atoms with Crippen LogP contribution in [0.25, 0.3) is 0 Å². The lowest BCUT2D eigenvalue weighted by Gasteiger charge is -2.50. The largest absolute Gasteiger partial charge is 0.397 e. The number of rotatable bonds is 7. The lowest BCUT2D eigenvalue weighted by molar-refractivity contribution is -0.396. The van der Waals surface area contributed by atoms with Crippen LogP contribution in [0.1, 0.15) is 6.92 Å². The maximum Gasteiger partial charge on any atom is 0.187 e. The Morgan fingerprint density at radius 3 is 0.375 bits per heavy atom. The Balaban J connectivity index is 0.00000301. The molecular weight excluding hydrogens is 1100 g/mol. The van der Waals surface area contributed by atoms with Crippen LogP contribution < -0.4 is 0 Å². The smallest absolute Gasteiger partial charge is 0.187 e. The molecule has 14 bridgehead atoms. The fourth-order valence-electron chi connectivity index (χ4n) is 10.4. The van der Waals surface area contributed by atoms with Crippen LogP contribution in [-0.4, -0.2) is 380 Å². The van der Waals surface area contributed by atoms with E-state index in [1.807, 2.05) is 0 Å². The normalized spacial score (nSPS) is 53.5. The highest BCUT2D eigenvalue weighted by Gasteiger charge is 2.59. The Morgan fingerprint density at radius 2 is 0.287 bits per heavy atom. The van der Waals surface area contributed by atoms with Crippen molar-refractivity contribution in [3.05, 3.63) is 0 Å². The SMILES string of the molecule is CCO.OC[C@H]1O[C@@H]2O[C@H]3[C@H](O)[C@@H](O)[C@@H](O[C@H]4[C@H](O)[C@@H](O)[C@@H](O[C@H]5[C@H](O)[C@@H](O)[C@@H](O[C@H]6[C@H](O)[C@@H](O)[C@@H](O[C@H]7[C@H](O)[C@@H](O)[C@@H](O[C@H]8[C@H](O)[C@@H](O)[C@@H](O[C@H]1[C@H](O)[C@H]2O)O[C@@H]8CO)O[C@@H]7CO)O[C@@H]6CO)O[C@@H]5CO)O[C@@H]4CO)O[C@@H]3CO. The van der Waals surface area contributed by atoms with Crippen molar-refractivity contribution in [3.63, 3.8) is 0 Å². The molecule has 36 nitrogen and oxygen atoms in total. The van der Waals surface area contributed by atoms with Crippen molar-refractivity contribution in [2.75, 3.05) is 52.9 Å². The van der Waals surface area contributed by atoms with Gasteiger partial charge in [0.15, 0.2) is 44.0 Å². The molecule has 21 aliphatic heterocycles. The van der Waals surface area contributed by atoms with Crippen molar-refractivity contribution in [2.24, 2.45) is 0 Å². The van der Waals surface area contributed by atoms with Gasteiger partial charge in [-0.05, 0) is 6.92 Å². The monoisotopic (exact) mass is 1180 g/mol. The van der Waals surface area contributed by atoms with Crippen molar-refractivity contribution in [3.8, 4) is 0 Å². The van der Waals surface area contributed by atoms with Gasteiger partial charge in [-0.2, -0.15) is 0 Å². The van der Waals surface area contributed by atoms with Crippen molar-refractivity contribution < 1.29 is 179 Å². The average Bonchev–Trinajstić information content (AvgIpc) is 3.45. The van der Waals surface area contributed by atoms with Gasteiger partial charge in [-0.15, -0.1) is 0 Å². The molecule has 22 N–H and O–H groups in total. The molecular formula is C44H76O36. The van der Waals surface area contributed by atoms with E-state index in [0.717, 1.165) is 0 Å². The van der Waals surface area contributed by atoms with Crippen LogP contribution in [0.3, 0.4) is 0 Å². The highest BCUT2D eigenvalue weighted by Crippen LogP contribution is 2.39. The van der Waals surface area contributed by atoms with Crippen LogP contribution in [0.4, 0.5) is 0 Å². The fraction of sp³-hybridized carbons (Fsp3) is 1.00. The predicted molar refractivity (Wildman–Crippen MR) is 241 cm³/mol. The number of aliphatic hydroxyl groups excluding tert-OH is 22. The van der Waals surface area contributed by atoms with Gasteiger partial charge in [0.2, 0.25) is 0 Å². The fourth-order valence-corrected chi connectivity index (χ4v) is 10.4. The summed E-state index contributed by atoms with van der Waals surface area (Å²) in [7, 11) is 0.